The average Bonchev–Trinajstić information content (AvgIpc) is 3.08. The van der Waals surface area contributed by atoms with Crippen molar-refractivity contribution in [2.45, 2.75) is 77.1 Å². The molecule has 19 heteroatoms. The number of carbonyl (C=O) groups excluding carboxylic acids is 2. The Morgan fingerprint density at radius 1 is 1.12 bits per heavy atom. The van der Waals surface area contributed by atoms with Crippen molar-refractivity contribution in [3.8, 4) is 0 Å². The van der Waals surface area contributed by atoms with Crippen LogP contribution in [0.1, 0.15) is 40.8 Å². The number of aliphatic hydroxyl groups excluding tert-OH is 1. The molecule has 0 amide bonds. The van der Waals surface area contributed by atoms with Crippen LogP contribution in [0.5, 0.6) is 0 Å². The number of nitrogen functional groups attached to an aromatic ring is 1. The zero-order valence-corrected chi connectivity index (χ0v) is 23.2. The first kappa shape index (κ1) is 33.3. The van der Waals surface area contributed by atoms with Gasteiger partial charge >= 0.3 is 25.8 Å². The third-order valence-corrected chi connectivity index (χ3v) is 6.39. The van der Waals surface area contributed by atoms with E-state index in [4.69, 9.17) is 33.5 Å². The van der Waals surface area contributed by atoms with Crippen LogP contribution in [0.4, 0.5) is 24.2 Å². The van der Waals surface area contributed by atoms with Crippen LogP contribution in [0.3, 0.4) is 0 Å². The SMILES string of the molecule is CC(C)OC(=O)OCOP(=O)(OCOC(=O)OC(C)C)OC[C@@]1(C(C)F)O[C@@H](n2ccc(N)nc2=O)[C@H](F)[C@@H]1O. The van der Waals surface area contributed by atoms with Gasteiger partial charge in [-0.05, 0) is 40.7 Å². The molecular weight excluding hydrogens is 571 g/mol. The fraction of sp³-hybridized carbons (Fsp3) is 0.714. The maximum atomic E-state index is 15.1. The topological polar surface area (TPSA) is 206 Å². The van der Waals surface area contributed by atoms with Crippen molar-refractivity contribution >= 4 is 26.0 Å². The van der Waals surface area contributed by atoms with Crippen molar-refractivity contribution in [1.82, 2.24) is 9.55 Å². The smallest absolute Gasteiger partial charge is 0.432 e. The van der Waals surface area contributed by atoms with Crippen LogP contribution in [0.15, 0.2) is 17.1 Å². The first-order valence-electron chi connectivity index (χ1n) is 11.8. The Bertz CT molecular complexity index is 1090. The Hall–Kier alpha value is -2.89. The molecule has 0 aliphatic carbocycles. The van der Waals surface area contributed by atoms with E-state index >= 15 is 4.39 Å². The van der Waals surface area contributed by atoms with Gasteiger partial charge in [-0.2, -0.15) is 4.98 Å². The van der Waals surface area contributed by atoms with Crippen LogP contribution in [0.2, 0.25) is 0 Å². The molecule has 1 fully saturated rings. The Labute approximate surface area is 227 Å². The number of alkyl halides is 2. The second-order valence-corrected chi connectivity index (χ2v) is 10.5. The van der Waals surface area contributed by atoms with Crippen molar-refractivity contribution in [3.63, 3.8) is 0 Å². The van der Waals surface area contributed by atoms with E-state index in [0.717, 1.165) is 19.2 Å². The average molecular weight is 603 g/mol. The molecule has 3 N–H and O–H groups in total. The Morgan fingerprint density at radius 2 is 1.65 bits per heavy atom. The summed E-state index contributed by atoms with van der Waals surface area (Å²) in [4.78, 5) is 38.8. The van der Waals surface area contributed by atoms with Gasteiger partial charge in [0.2, 0.25) is 13.6 Å². The predicted octanol–water partition coefficient (Wildman–Crippen LogP) is 2.35. The number of halogens is 2. The minimum Gasteiger partial charge on any atom is -0.432 e. The van der Waals surface area contributed by atoms with Crippen LogP contribution in [-0.4, -0.2) is 83.4 Å². The van der Waals surface area contributed by atoms with Gasteiger partial charge < -0.3 is 34.5 Å². The van der Waals surface area contributed by atoms with Crippen LogP contribution in [0.25, 0.3) is 0 Å². The van der Waals surface area contributed by atoms with Gasteiger partial charge in [-0.25, -0.2) is 36.8 Å². The summed E-state index contributed by atoms with van der Waals surface area (Å²) in [5.41, 5.74) is 1.80. The van der Waals surface area contributed by atoms with Gasteiger partial charge in [0, 0.05) is 6.20 Å². The van der Waals surface area contributed by atoms with E-state index in [9.17, 15) is 28.4 Å². The highest BCUT2D eigenvalue weighted by Crippen LogP contribution is 2.52. The number of aliphatic hydroxyl groups is 1. The highest BCUT2D eigenvalue weighted by Gasteiger charge is 2.60. The number of aromatic nitrogens is 2. The first-order valence-corrected chi connectivity index (χ1v) is 13.3. The second-order valence-electron chi connectivity index (χ2n) is 8.85. The number of rotatable bonds is 13. The molecule has 1 aliphatic rings. The van der Waals surface area contributed by atoms with Crippen molar-refractivity contribution < 1.29 is 65.3 Å². The van der Waals surface area contributed by atoms with E-state index in [1.165, 1.54) is 27.7 Å². The number of nitrogens with two attached hydrogens (primary N) is 1. The third kappa shape index (κ3) is 8.81. The molecular formula is C21H32F2N3O13P. The number of carbonyl (C=O) groups is 2. The normalized spacial score (nSPS) is 23.7. The molecule has 0 bridgehead atoms. The molecule has 0 radical (unpaired) electrons. The standard InChI is InChI=1S/C21H32F2N3O13P/c1-11(2)37-19(29)32-9-35-40(31,36-10-33-20(30)38-12(3)4)34-8-21(13(5)22)16(27)15(23)17(39-21)26-7-6-14(24)25-18(26)28/h6-7,11-13,15-17,27H,8-10H2,1-5H3,(H2,24,25,28)/t13?,15-,16+,17-,21+/m1/s1. The summed E-state index contributed by atoms with van der Waals surface area (Å²) >= 11 is 0. The predicted molar refractivity (Wildman–Crippen MR) is 128 cm³/mol. The Kier molecular flexibility index (Phi) is 11.8. The maximum Gasteiger partial charge on any atom is 0.510 e. The lowest BCUT2D eigenvalue weighted by Gasteiger charge is -2.33. The van der Waals surface area contributed by atoms with E-state index in [-0.39, 0.29) is 5.82 Å². The van der Waals surface area contributed by atoms with E-state index in [1.807, 2.05) is 0 Å². The summed E-state index contributed by atoms with van der Waals surface area (Å²) in [5, 5.41) is 10.6. The summed E-state index contributed by atoms with van der Waals surface area (Å²) in [6.07, 6.45) is -11.3. The van der Waals surface area contributed by atoms with Gasteiger partial charge in [0.15, 0.2) is 18.0 Å². The quantitative estimate of drug-likeness (QED) is 0.188. The molecule has 0 spiro atoms. The highest BCUT2D eigenvalue weighted by atomic mass is 31.2. The van der Waals surface area contributed by atoms with Crippen molar-refractivity contribution in [2.24, 2.45) is 0 Å². The third-order valence-electron chi connectivity index (χ3n) is 5.10. The molecule has 228 valence electrons. The maximum absolute atomic E-state index is 15.1. The molecule has 0 aromatic carbocycles. The van der Waals surface area contributed by atoms with Gasteiger partial charge in [-0.3, -0.25) is 9.09 Å². The molecule has 1 aliphatic heterocycles. The van der Waals surface area contributed by atoms with Gasteiger partial charge in [-0.1, -0.05) is 0 Å². The highest BCUT2D eigenvalue weighted by molar-refractivity contribution is 7.48. The van der Waals surface area contributed by atoms with E-state index in [1.54, 1.807) is 0 Å². The summed E-state index contributed by atoms with van der Waals surface area (Å²) in [6, 6.07) is 1.14. The fourth-order valence-corrected chi connectivity index (χ4v) is 4.15. The number of phosphoric acid groups is 1. The van der Waals surface area contributed by atoms with Crippen LogP contribution in [-0.2, 0) is 41.8 Å². The van der Waals surface area contributed by atoms with Gasteiger partial charge in [-0.15, -0.1) is 0 Å². The van der Waals surface area contributed by atoms with E-state index in [0.29, 0.717) is 4.57 Å². The lowest BCUT2D eigenvalue weighted by Crippen LogP contribution is -2.52. The zero-order valence-electron chi connectivity index (χ0n) is 22.3. The monoisotopic (exact) mass is 603 g/mol. The van der Waals surface area contributed by atoms with Crippen molar-refractivity contribution in [1.29, 1.82) is 0 Å². The van der Waals surface area contributed by atoms with Crippen molar-refractivity contribution in [2.75, 3.05) is 25.9 Å². The van der Waals surface area contributed by atoms with Crippen LogP contribution >= 0.6 is 7.82 Å². The lowest BCUT2D eigenvalue weighted by atomic mass is 9.92. The molecule has 1 unspecified atom stereocenters. The molecule has 0 saturated carbocycles. The number of anilines is 1. The van der Waals surface area contributed by atoms with Gasteiger partial charge in [0.1, 0.15) is 18.1 Å². The molecule has 2 rings (SSSR count). The van der Waals surface area contributed by atoms with E-state index < -0.39 is 88.5 Å². The van der Waals surface area contributed by atoms with Gasteiger partial charge in [0.05, 0.1) is 18.8 Å². The molecule has 1 saturated heterocycles. The summed E-state index contributed by atoms with van der Waals surface area (Å²) in [7, 11) is -4.93. The second kappa shape index (κ2) is 14.1. The molecule has 40 heavy (non-hydrogen) atoms. The number of hydrogen-bond acceptors (Lipinski definition) is 15. The Balaban J connectivity index is 2.22. The number of ether oxygens (including phenoxy) is 5. The van der Waals surface area contributed by atoms with E-state index in [2.05, 4.69) is 14.5 Å². The van der Waals surface area contributed by atoms with Gasteiger partial charge in [0.25, 0.3) is 0 Å². The molecule has 2 heterocycles. The summed E-state index contributed by atoms with van der Waals surface area (Å²) in [5.74, 6) is -0.183. The zero-order chi connectivity index (χ0) is 30.3. The minimum atomic E-state index is -4.93. The lowest BCUT2D eigenvalue weighted by molar-refractivity contribution is -0.161. The minimum absolute atomic E-state index is 0.183. The fourth-order valence-electron chi connectivity index (χ4n) is 3.20. The largest absolute Gasteiger partial charge is 0.510 e. The summed E-state index contributed by atoms with van der Waals surface area (Å²) in [6.45, 7) is 3.63. The molecule has 5 atom stereocenters. The number of nitrogens with zero attached hydrogens (tertiary/aromatic N) is 2. The molecule has 16 nitrogen and oxygen atoms in total. The van der Waals surface area contributed by atoms with Crippen LogP contribution < -0.4 is 11.4 Å². The molecule has 1 aromatic rings. The molecule has 1 aromatic heterocycles. The number of phosphoric ester groups is 1. The first-order chi connectivity index (χ1) is 18.6. The Morgan fingerprint density at radius 3 is 2.10 bits per heavy atom. The van der Waals surface area contributed by atoms with Crippen molar-refractivity contribution in [3.05, 3.63) is 22.7 Å². The van der Waals surface area contributed by atoms with Crippen LogP contribution in [0, 0.1) is 0 Å². The summed E-state index contributed by atoms with van der Waals surface area (Å²) < 4.78 is 82.7. The number of hydrogen-bond donors (Lipinski definition) is 2.